The Kier molecular flexibility index (Phi) is 11.3. The first kappa shape index (κ1) is 29.2. The lowest BCUT2D eigenvalue weighted by Crippen LogP contribution is -2.52. The number of hydrogen-bond acceptors (Lipinski definition) is 3. The maximum atomic E-state index is 13.8. The van der Waals surface area contributed by atoms with Crippen molar-refractivity contribution in [1.29, 1.82) is 0 Å². The quantitative estimate of drug-likeness (QED) is 0.218. The molecule has 3 aromatic rings. The third kappa shape index (κ3) is 9.40. The number of benzene rings is 3. The predicted molar refractivity (Wildman–Crippen MR) is 160 cm³/mol. The van der Waals surface area contributed by atoms with Gasteiger partial charge >= 0.3 is 0 Å². The molecule has 0 heterocycles. The summed E-state index contributed by atoms with van der Waals surface area (Å²) in [6.45, 7) is 0.761. The van der Waals surface area contributed by atoms with Crippen LogP contribution in [0.2, 0.25) is 5.02 Å². The summed E-state index contributed by atoms with van der Waals surface area (Å²) < 4.78 is 6.78. The van der Waals surface area contributed by atoms with E-state index >= 15 is 0 Å². The fourth-order valence-electron chi connectivity index (χ4n) is 4.97. The van der Waals surface area contributed by atoms with E-state index in [1.807, 2.05) is 66.7 Å². The van der Waals surface area contributed by atoms with Gasteiger partial charge in [0.2, 0.25) is 11.8 Å². The molecule has 0 unspecified atom stereocenters. The first-order chi connectivity index (χ1) is 19.0. The molecule has 1 aliphatic carbocycles. The van der Waals surface area contributed by atoms with Crippen LogP contribution in [-0.4, -0.2) is 35.4 Å². The lowest BCUT2D eigenvalue weighted by atomic mass is 9.94. The fraction of sp³-hybridized carbons (Fsp3) is 0.375. The van der Waals surface area contributed by atoms with Gasteiger partial charge in [0.05, 0.1) is 6.61 Å². The average molecular weight is 612 g/mol. The van der Waals surface area contributed by atoms with E-state index in [0.717, 1.165) is 41.3 Å². The van der Waals surface area contributed by atoms with Gasteiger partial charge in [0.25, 0.3) is 0 Å². The molecule has 1 fully saturated rings. The highest BCUT2D eigenvalue weighted by molar-refractivity contribution is 9.10. The normalized spacial score (nSPS) is 14.4. The van der Waals surface area contributed by atoms with Crippen LogP contribution in [0.5, 0.6) is 5.75 Å². The molecule has 206 valence electrons. The van der Waals surface area contributed by atoms with Crippen molar-refractivity contribution in [2.45, 2.75) is 70.0 Å². The molecule has 0 radical (unpaired) electrons. The summed E-state index contributed by atoms with van der Waals surface area (Å²) in [5.74, 6) is 0.582. The van der Waals surface area contributed by atoms with E-state index in [4.69, 9.17) is 16.3 Å². The highest BCUT2D eigenvalue weighted by atomic mass is 79.9. The summed E-state index contributed by atoms with van der Waals surface area (Å²) in [6.07, 6.45) is 6.74. The number of amides is 2. The van der Waals surface area contributed by atoms with Crippen LogP contribution in [0.1, 0.15) is 56.1 Å². The van der Waals surface area contributed by atoms with Gasteiger partial charge in [-0.25, -0.2) is 0 Å². The number of halogens is 2. The van der Waals surface area contributed by atoms with E-state index in [1.165, 1.54) is 6.42 Å². The van der Waals surface area contributed by atoms with E-state index in [-0.39, 0.29) is 24.3 Å². The minimum Gasteiger partial charge on any atom is -0.494 e. The molecule has 1 aliphatic rings. The molecule has 1 N–H and O–H groups in total. The van der Waals surface area contributed by atoms with Crippen molar-refractivity contribution in [2.24, 2.45) is 0 Å². The number of rotatable bonds is 12. The third-order valence-corrected chi connectivity index (χ3v) is 7.89. The van der Waals surface area contributed by atoms with Gasteiger partial charge in [0, 0.05) is 34.9 Å². The molecule has 4 rings (SSSR count). The second-order valence-corrected chi connectivity index (χ2v) is 11.5. The largest absolute Gasteiger partial charge is 0.494 e. The molecule has 0 aliphatic heterocycles. The van der Waals surface area contributed by atoms with Gasteiger partial charge in [0.15, 0.2) is 0 Å². The molecule has 0 aromatic heterocycles. The Bertz CT molecular complexity index is 1180. The van der Waals surface area contributed by atoms with Crippen LogP contribution in [0.15, 0.2) is 83.3 Å². The zero-order chi connectivity index (χ0) is 27.5. The van der Waals surface area contributed by atoms with Crippen LogP contribution < -0.4 is 10.1 Å². The maximum Gasteiger partial charge on any atom is 0.243 e. The lowest BCUT2D eigenvalue weighted by Gasteiger charge is -2.33. The van der Waals surface area contributed by atoms with Gasteiger partial charge in [-0.3, -0.25) is 9.59 Å². The molecule has 7 heteroatoms. The summed E-state index contributed by atoms with van der Waals surface area (Å²) in [4.78, 5) is 29.3. The number of carbonyl (C=O) groups is 2. The minimum absolute atomic E-state index is 0.0580. The van der Waals surface area contributed by atoms with Gasteiger partial charge < -0.3 is 15.0 Å². The molecule has 39 heavy (non-hydrogen) atoms. The maximum absolute atomic E-state index is 13.8. The Morgan fingerprint density at radius 1 is 0.923 bits per heavy atom. The summed E-state index contributed by atoms with van der Waals surface area (Å²) >= 11 is 9.45. The first-order valence-electron chi connectivity index (χ1n) is 13.7. The van der Waals surface area contributed by atoms with Crippen molar-refractivity contribution < 1.29 is 14.3 Å². The third-order valence-electron chi connectivity index (χ3n) is 7.11. The number of nitrogens with one attached hydrogen (secondary N) is 1. The van der Waals surface area contributed by atoms with Crippen molar-refractivity contribution in [3.05, 3.63) is 99.5 Å². The van der Waals surface area contributed by atoms with E-state index in [2.05, 4.69) is 21.2 Å². The summed E-state index contributed by atoms with van der Waals surface area (Å²) in [7, 11) is 0. The molecular weight excluding hydrogens is 576 g/mol. The van der Waals surface area contributed by atoms with E-state index in [0.29, 0.717) is 36.8 Å². The molecule has 1 saturated carbocycles. The number of hydrogen-bond donors (Lipinski definition) is 1. The van der Waals surface area contributed by atoms with Crippen molar-refractivity contribution in [1.82, 2.24) is 10.2 Å². The smallest absolute Gasteiger partial charge is 0.243 e. The zero-order valence-electron chi connectivity index (χ0n) is 22.2. The summed E-state index contributed by atoms with van der Waals surface area (Å²) in [5, 5.41) is 3.94. The van der Waals surface area contributed by atoms with Crippen molar-refractivity contribution in [3.8, 4) is 5.75 Å². The average Bonchev–Trinajstić information content (AvgIpc) is 2.96. The second kappa shape index (κ2) is 15.1. The molecule has 0 saturated heterocycles. The summed E-state index contributed by atoms with van der Waals surface area (Å²) in [6, 6.07) is 24.6. The standard InChI is InChI=1S/C32H36BrClN2O3/c33-26-15-13-25(14-16-26)23-36(31(37)12-7-21-39-29-19-17-27(34)18-20-29)30(22-24-8-3-1-4-9-24)32(38)35-28-10-5-2-6-11-28/h1,3-4,8-9,13-20,28,30H,2,5-7,10-12,21-23H2,(H,35,38)/t30-/m0/s1. The van der Waals surface area contributed by atoms with Crippen LogP contribution in [0.25, 0.3) is 0 Å². The first-order valence-corrected chi connectivity index (χ1v) is 14.9. The van der Waals surface area contributed by atoms with Crippen LogP contribution in [-0.2, 0) is 22.6 Å². The Labute approximate surface area is 245 Å². The topological polar surface area (TPSA) is 58.6 Å². The van der Waals surface area contributed by atoms with Gasteiger partial charge in [0.1, 0.15) is 11.8 Å². The van der Waals surface area contributed by atoms with Crippen LogP contribution in [0.3, 0.4) is 0 Å². The zero-order valence-corrected chi connectivity index (χ0v) is 24.5. The number of carbonyl (C=O) groups excluding carboxylic acids is 2. The second-order valence-electron chi connectivity index (χ2n) is 10.1. The number of ether oxygens (including phenoxy) is 1. The van der Waals surface area contributed by atoms with Gasteiger partial charge in [-0.15, -0.1) is 0 Å². The minimum atomic E-state index is -0.609. The molecule has 3 aromatic carbocycles. The Hall–Kier alpha value is -2.83. The van der Waals surface area contributed by atoms with Gasteiger partial charge in [-0.05, 0) is 66.8 Å². The van der Waals surface area contributed by atoms with E-state index in [1.54, 1.807) is 17.0 Å². The summed E-state index contributed by atoms with van der Waals surface area (Å²) in [5.41, 5.74) is 2.01. The van der Waals surface area contributed by atoms with Crippen LogP contribution in [0, 0.1) is 0 Å². The van der Waals surface area contributed by atoms with Crippen LogP contribution in [0.4, 0.5) is 0 Å². The highest BCUT2D eigenvalue weighted by Gasteiger charge is 2.31. The molecular formula is C32H36BrClN2O3. The molecule has 2 amide bonds. The molecule has 0 spiro atoms. The monoisotopic (exact) mass is 610 g/mol. The Morgan fingerprint density at radius 2 is 1.62 bits per heavy atom. The highest BCUT2D eigenvalue weighted by Crippen LogP contribution is 2.21. The SMILES string of the molecule is O=C(NC1CCCCC1)[C@H](Cc1ccccc1)N(Cc1ccc(Br)cc1)C(=O)CCCOc1ccc(Cl)cc1. The molecule has 0 bridgehead atoms. The fourth-order valence-corrected chi connectivity index (χ4v) is 5.36. The Morgan fingerprint density at radius 3 is 2.31 bits per heavy atom. The van der Waals surface area contributed by atoms with Gasteiger partial charge in [-0.2, -0.15) is 0 Å². The predicted octanol–water partition coefficient (Wildman–Crippen LogP) is 7.35. The molecule has 1 atom stereocenters. The molecule has 5 nitrogen and oxygen atoms in total. The van der Waals surface area contributed by atoms with Crippen molar-refractivity contribution >= 4 is 39.3 Å². The van der Waals surface area contributed by atoms with Crippen molar-refractivity contribution in [2.75, 3.05) is 6.61 Å². The van der Waals surface area contributed by atoms with Gasteiger partial charge in [-0.1, -0.05) is 89.3 Å². The van der Waals surface area contributed by atoms with Crippen LogP contribution >= 0.6 is 27.5 Å². The van der Waals surface area contributed by atoms with Crippen molar-refractivity contribution in [3.63, 3.8) is 0 Å². The van der Waals surface area contributed by atoms with E-state index < -0.39 is 6.04 Å². The Balaban J connectivity index is 1.51. The lowest BCUT2D eigenvalue weighted by molar-refractivity contribution is -0.141. The van der Waals surface area contributed by atoms with E-state index in [9.17, 15) is 9.59 Å². The number of nitrogens with zero attached hydrogens (tertiary/aromatic N) is 1.